The average Bonchev–Trinajstić information content (AvgIpc) is 1.80. The number of nitrogens with two attached hydrogens (primary N) is 1. The zero-order valence-electron chi connectivity index (χ0n) is 8.65. The molecule has 1 nitrogen and oxygen atoms in total. The van der Waals surface area contributed by atoms with Crippen molar-refractivity contribution in [3.05, 3.63) is 0 Å². The molecule has 0 aliphatic carbocycles. The third-order valence-electron chi connectivity index (χ3n) is 2.12. The summed E-state index contributed by atoms with van der Waals surface area (Å²) in [7, 11) is 0. The minimum atomic E-state index is 0.425. The molecule has 0 heterocycles. The quantitative estimate of drug-likeness (QED) is 0.669. The summed E-state index contributed by atoms with van der Waals surface area (Å²) in [5.41, 5.74) is 6.11. The highest BCUT2D eigenvalue weighted by atomic mass is 14.6. The Bertz CT molecular complexity index is 99.9. The van der Waals surface area contributed by atoms with Crippen LogP contribution < -0.4 is 5.73 Å². The van der Waals surface area contributed by atoms with Crippen molar-refractivity contribution in [2.75, 3.05) is 6.54 Å². The molecule has 0 bridgehead atoms. The fraction of sp³-hybridized carbons (Fsp3) is 1.00. The van der Waals surface area contributed by atoms with E-state index in [2.05, 4.69) is 34.6 Å². The van der Waals surface area contributed by atoms with Crippen molar-refractivity contribution in [2.45, 2.75) is 41.0 Å². The molecule has 1 unspecified atom stereocenters. The molecule has 0 aromatic heterocycles. The first kappa shape index (κ1) is 11.0. The second-order valence-corrected chi connectivity index (χ2v) is 5.00. The number of hydrogen-bond acceptors (Lipinski definition) is 1. The van der Waals surface area contributed by atoms with Gasteiger partial charge < -0.3 is 5.73 Å². The Morgan fingerprint density at radius 1 is 1.18 bits per heavy atom. The summed E-state index contributed by atoms with van der Waals surface area (Å²) >= 11 is 0. The lowest BCUT2D eigenvalue weighted by Gasteiger charge is -2.27. The molecule has 0 aliphatic rings. The molecule has 0 saturated carbocycles. The first-order valence-corrected chi connectivity index (χ1v) is 4.57. The SMILES string of the molecule is CC(C)C(CN)CC(C)(C)C. The van der Waals surface area contributed by atoms with Gasteiger partial charge in [0.05, 0.1) is 0 Å². The van der Waals surface area contributed by atoms with Gasteiger partial charge in [0.2, 0.25) is 0 Å². The standard InChI is InChI=1S/C10H23N/c1-8(2)9(7-11)6-10(3,4)5/h8-9H,6-7,11H2,1-5H3. The number of rotatable bonds is 3. The Labute approximate surface area is 71.4 Å². The molecule has 2 N–H and O–H groups in total. The molecule has 1 atom stereocenters. The van der Waals surface area contributed by atoms with Crippen LogP contribution in [0, 0.1) is 17.3 Å². The molecule has 0 aromatic rings. The van der Waals surface area contributed by atoms with Crippen LogP contribution >= 0.6 is 0 Å². The third-order valence-corrected chi connectivity index (χ3v) is 2.12. The van der Waals surface area contributed by atoms with Gasteiger partial charge in [-0.1, -0.05) is 34.6 Å². The Balaban J connectivity index is 3.88. The van der Waals surface area contributed by atoms with Gasteiger partial charge in [-0.05, 0) is 30.2 Å². The van der Waals surface area contributed by atoms with E-state index in [0.29, 0.717) is 11.3 Å². The van der Waals surface area contributed by atoms with Crippen LogP contribution in [0.25, 0.3) is 0 Å². The van der Waals surface area contributed by atoms with Crippen molar-refractivity contribution in [1.82, 2.24) is 0 Å². The van der Waals surface area contributed by atoms with Gasteiger partial charge >= 0.3 is 0 Å². The van der Waals surface area contributed by atoms with Crippen molar-refractivity contribution in [2.24, 2.45) is 23.0 Å². The van der Waals surface area contributed by atoms with Gasteiger partial charge in [-0.3, -0.25) is 0 Å². The Morgan fingerprint density at radius 3 is 1.73 bits per heavy atom. The molecule has 0 radical (unpaired) electrons. The first-order chi connectivity index (χ1) is 4.87. The maximum Gasteiger partial charge on any atom is -0.00462 e. The molecule has 68 valence electrons. The second-order valence-electron chi connectivity index (χ2n) is 5.00. The van der Waals surface area contributed by atoms with Gasteiger partial charge in [-0.25, -0.2) is 0 Å². The summed E-state index contributed by atoms with van der Waals surface area (Å²) in [5, 5.41) is 0. The monoisotopic (exact) mass is 157 g/mol. The molecular weight excluding hydrogens is 134 g/mol. The van der Waals surface area contributed by atoms with Crippen molar-refractivity contribution in [3.8, 4) is 0 Å². The maximum atomic E-state index is 5.68. The van der Waals surface area contributed by atoms with Crippen molar-refractivity contribution in [3.63, 3.8) is 0 Å². The zero-order chi connectivity index (χ0) is 9.07. The Morgan fingerprint density at radius 2 is 1.64 bits per heavy atom. The molecule has 0 fully saturated rings. The van der Waals surface area contributed by atoms with Gasteiger partial charge in [-0.15, -0.1) is 0 Å². The normalized spacial score (nSPS) is 15.5. The molecule has 0 rings (SSSR count). The topological polar surface area (TPSA) is 26.0 Å². The van der Waals surface area contributed by atoms with E-state index in [9.17, 15) is 0 Å². The highest BCUT2D eigenvalue weighted by Crippen LogP contribution is 2.27. The van der Waals surface area contributed by atoms with Crippen LogP contribution in [0.1, 0.15) is 41.0 Å². The van der Waals surface area contributed by atoms with Gasteiger partial charge in [0.15, 0.2) is 0 Å². The Hall–Kier alpha value is -0.0400. The van der Waals surface area contributed by atoms with E-state index in [4.69, 9.17) is 5.73 Å². The fourth-order valence-electron chi connectivity index (χ4n) is 1.38. The summed E-state index contributed by atoms with van der Waals surface area (Å²) in [6, 6.07) is 0. The van der Waals surface area contributed by atoms with E-state index >= 15 is 0 Å². The predicted octanol–water partition coefficient (Wildman–Crippen LogP) is 2.65. The fourth-order valence-corrected chi connectivity index (χ4v) is 1.38. The molecule has 1 heteroatoms. The summed E-state index contributed by atoms with van der Waals surface area (Å²) in [4.78, 5) is 0. The molecule has 0 spiro atoms. The van der Waals surface area contributed by atoms with E-state index < -0.39 is 0 Å². The van der Waals surface area contributed by atoms with Crippen molar-refractivity contribution in [1.29, 1.82) is 0 Å². The van der Waals surface area contributed by atoms with E-state index in [1.807, 2.05) is 0 Å². The van der Waals surface area contributed by atoms with Gasteiger partial charge in [0.1, 0.15) is 0 Å². The minimum absolute atomic E-state index is 0.425. The summed E-state index contributed by atoms with van der Waals surface area (Å²) in [6.45, 7) is 12.2. The lowest BCUT2D eigenvalue weighted by atomic mass is 9.80. The highest BCUT2D eigenvalue weighted by Gasteiger charge is 2.19. The predicted molar refractivity (Wildman–Crippen MR) is 51.5 cm³/mol. The first-order valence-electron chi connectivity index (χ1n) is 4.57. The third kappa shape index (κ3) is 5.25. The van der Waals surface area contributed by atoms with E-state index in [0.717, 1.165) is 12.5 Å². The highest BCUT2D eigenvalue weighted by molar-refractivity contribution is 4.71. The molecule has 0 aromatic carbocycles. The maximum absolute atomic E-state index is 5.68. The summed E-state index contributed by atoms with van der Waals surface area (Å²) < 4.78 is 0. The lowest BCUT2D eigenvalue weighted by Crippen LogP contribution is -2.25. The van der Waals surface area contributed by atoms with Crippen LogP contribution in [0.4, 0.5) is 0 Å². The van der Waals surface area contributed by atoms with Crippen molar-refractivity contribution < 1.29 is 0 Å². The summed E-state index contributed by atoms with van der Waals surface area (Å²) in [5.74, 6) is 1.41. The molecule has 0 aliphatic heterocycles. The van der Waals surface area contributed by atoms with Crippen LogP contribution in [0.2, 0.25) is 0 Å². The minimum Gasteiger partial charge on any atom is -0.330 e. The van der Waals surface area contributed by atoms with Crippen molar-refractivity contribution >= 4 is 0 Å². The van der Waals surface area contributed by atoms with E-state index in [1.165, 1.54) is 6.42 Å². The molecular formula is C10H23N. The second kappa shape index (κ2) is 4.10. The van der Waals surface area contributed by atoms with Crippen LogP contribution in [0.3, 0.4) is 0 Å². The molecule has 0 saturated heterocycles. The van der Waals surface area contributed by atoms with Gasteiger partial charge in [0.25, 0.3) is 0 Å². The number of hydrogen-bond donors (Lipinski definition) is 1. The Kier molecular flexibility index (Phi) is 4.09. The van der Waals surface area contributed by atoms with Crippen LogP contribution in [-0.4, -0.2) is 6.54 Å². The smallest absolute Gasteiger partial charge is 0.00462 e. The zero-order valence-corrected chi connectivity index (χ0v) is 8.65. The van der Waals surface area contributed by atoms with Gasteiger partial charge in [0, 0.05) is 0 Å². The molecule has 11 heavy (non-hydrogen) atoms. The lowest BCUT2D eigenvalue weighted by molar-refractivity contribution is 0.248. The van der Waals surface area contributed by atoms with Gasteiger partial charge in [-0.2, -0.15) is 0 Å². The van der Waals surface area contributed by atoms with E-state index in [-0.39, 0.29) is 0 Å². The van der Waals surface area contributed by atoms with Crippen LogP contribution in [0.15, 0.2) is 0 Å². The molecule has 0 amide bonds. The van der Waals surface area contributed by atoms with Crippen LogP contribution in [-0.2, 0) is 0 Å². The summed E-state index contributed by atoms with van der Waals surface area (Å²) in [6.07, 6.45) is 1.24. The van der Waals surface area contributed by atoms with E-state index in [1.54, 1.807) is 0 Å². The largest absolute Gasteiger partial charge is 0.330 e. The van der Waals surface area contributed by atoms with Crippen LogP contribution in [0.5, 0.6) is 0 Å². The average molecular weight is 157 g/mol.